The zero-order valence-corrected chi connectivity index (χ0v) is 43.6. The summed E-state index contributed by atoms with van der Waals surface area (Å²) < 4.78 is 0. The van der Waals surface area contributed by atoms with E-state index in [1.54, 1.807) is 0 Å². The van der Waals surface area contributed by atoms with E-state index < -0.39 is 0 Å². The van der Waals surface area contributed by atoms with E-state index in [4.69, 9.17) is 0 Å². The normalized spacial score (nSPS) is 14.5. The van der Waals surface area contributed by atoms with Gasteiger partial charge < -0.3 is 19.5 Å². The molecule has 0 radical (unpaired) electrons. The lowest BCUT2D eigenvalue weighted by Crippen LogP contribution is -2.47. The van der Waals surface area contributed by atoms with Gasteiger partial charge in [0.25, 0.3) is 0 Å². The Morgan fingerprint density at radius 2 is 0.762 bits per heavy atom. The predicted molar refractivity (Wildman–Crippen MR) is 278 cm³/mol. The molecule has 1 aliphatic rings. The molecule has 1 saturated heterocycles. The van der Waals surface area contributed by atoms with Crippen molar-refractivity contribution >= 4 is 12.2 Å². The van der Waals surface area contributed by atoms with Crippen LogP contribution >= 0.6 is 0 Å². The first kappa shape index (κ1) is 60.0. The highest BCUT2D eigenvalue weighted by Gasteiger charge is 2.25. The second kappa shape index (κ2) is 47.5. The van der Waals surface area contributed by atoms with Crippen molar-refractivity contribution < 1.29 is 9.59 Å². The standard InChI is InChI=1S/C57H114N4O2/c1-5-9-13-17-21-22-23-24-25-29-32-35-44-58(45-39-34-40-53-62)50-43-56-42-41-49-61(54-56)57(63)55-60(48-38-33-28-20-16-12-8-4)52-51-59(46-36-30-26-18-14-10-6-2)47-37-31-27-19-15-11-7-3/h53,56H,5-52,54-55H2,1-4H3. The van der Waals surface area contributed by atoms with E-state index in [1.165, 1.54) is 244 Å². The van der Waals surface area contributed by atoms with Crippen molar-refractivity contribution in [1.82, 2.24) is 19.6 Å². The minimum Gasteiger partial charge on any atom is -0.341 e. The molecule has 0 aromatic carbocycles. The number of piperidine rings is 1. The summed E-state index contributed by atoms with van der Waals surface area (Å²) in [7, 11) is 0. The van der Waals surface area contributed by atoms with Gasteiger partial charge in [-0.1, -0.05) is 214 Å². The maximum atomic E-state index is 14.2. The predicted octanol–water partition coefficient (Wildman–Crippen LogP) is 15.8. The molecule has 1 fully saturated rings. The third kappa shape index (κ3) is 38.8. The topological polar surface area (TPSA) is 47.1 Å². The van der Waals surface area contributed by atoms with E-state index in [-0.39, 0.29) is 0 Å². The van der Waals surface area contributed by atoms with Crippen LogP contribution in [-0.2, 0) is 9.59 Å². The molecular weight excluding hydrogens is 773 g/mol. The highest BCUT2D eigenvalue weighted by Crippen LogP contribution is 2.22. The first-order valence-electron chi connectivity index (χ1n) is 29.0. The van der Waals surface area contributed by atoms with E-state index in [9.17, 15) is 9.59 Å². The summed E-state index contributed by atoms with van der Waals surface area (Å²) in [5.41, 5.74) is 0. The fraction of sp³-hybridized carbons (Fsp3) is 0.965. The molecule has 1 amide bonds. The lowest BCUT2D eigenvalue weighted by atomic mass is 9.94. The number of hydrogen-bond donors (Lipinski definition) is 0. The van der Waals surface area contributed by atoms with Gasteiger partial charge in [-0.05, 0) is 103 Å². The Labute approximate surface area is 396 Å². The van der Waals surface area contributed by atoms with Crippen LogP contribution in [0.25, 0.3) is 0 Å². The summed E-state index contributed by atoms with van der Waals surface area (Å²) in [5.74, 6) is 0.994. The molecule has 374 valence electrons. The van der Waals surface area contributed by atoms with E-state index >= 15 is 0 Å². The highest BCUT2D eigenvalue weighted by molar-refractivity contribution is 5.78. The number of likely N-dealkylation sites (tertiary alicyclic amines) is 1. The van der Waals surface area contributed by atoms with Crippen LogP contribution in [0.2, 0.25) is 0 Å². The van der Waals surface area contributed by atoms with E-state index in [1.807, 2.05) is 0 Å². The first-order chi connectivity index (χ1) is 31.1. The van der Waals surface area contributed by atoms with Crippen LogP contribution in [0.15, 0.2) is 0 Å². The van der Waals surface area contributed by atoms with Crippen molar-refractivity contribution in [3.8, 4) is 0 Å². The molecular formula is C57H114N4O2. The van der Waals surface area contributed by atoms with Crippen molar-refractivity contribution in [2.24, 2.45) is 5.92 Å². The summed E-state index contributed by atoms with van der Waals surface area (Å²) in [6.45, 7) is 20.8. The lowest BCUT2D eigenvalue weighted by Gasteiger charge is -2.36. The molecule has 1 aliphatic heterocycles. The second-order valence-corrected chi connectivity index (χ2v) is 20.5. The fourth-order valence-electron chi connectivity index (χ4n) is 10.0. The van der Waals surface area contributed by atoms with Gasteiger partial charge in [-0.2, -0.15) is 0 Å². The van der Waals surface area contributed by atoms with Crippen LogP contribution < -0.4 is 0 Å². The molecule has 0 spiro atoms. The monoisotopic (exact) mass is 887 g/mol. The Balaban J connectivity index is 2.73. The maximum absolute atomic E-state index is 14.2. The minimum atomic E-state index is 0.385. The third-order valence-corrected chi connectivity index (χ3v) is 14.4. The van der Waals surface area contributed by atoms with E-state index in [2.05, 4.69) is 47.3 Å². The summed E-state index contributed by atoms with van der Waals surface area (Å²) in [6, 6.07) is 0. The number of unbranched alkanes of at least 4 members (excludes halogenated alkanes) is 31. The van der Waals surface area contributed by atoms with Gasteiger partial charge in [-0.3, -0.25) is 9.69 Å². The fourth-order valence-corrected chi connectivity index (χ4v) is 10.0. The zero-order valence-electron chi connectivity index (χ0n) is 43.6. The van der Waals surface area contributed by atoms with E-state index in [0.29, 0.717) is 24.8 Å². The number of amides is 1. The van der Waals surface area contributed by atoms with E-state index in [0.717, 1.165) is 71.4 Å². The Hall–Kier alpha value is -0.980. The van der Waals surface area contributed by atoms with Gasteiger partial charge in [0.15, 0.2) is 0 Å². The van der Waals surface area contributed by atoms with Gasteiger partial charge in [-0.25, -0.2) is 0 Å². The summed E-state index contributed by atoms with van der Waals surface area (Å²) in [6.07, 6.45) is 52.7. The Morgan fingerprint density at radius 3 is 1.16 bits per heavy atom. The maximum Gasteiger partial charge on any atom is 0.236 e. The van der Waals surface area contributed by atoms with Crippen molar-refractivity contribution in [3.05, 3.63) is 0 Å². The van der Waals surface area contributed by atoms with Gasteiger partial charge >= 0.3 is 0 Å². The van der Waals surface area contributed by atoms with Gasteiger partial charge in [0.05, 0.1) is 6.54 Å². The molecule has 6 nitrogen and oxygen atoms in total. The number of rotatable bonds is 50. The quantitative estimate of drug-likeness (QED) is 0.0450. The van der Waals surface area contributed by atoms with Crippen LogP contribution in [0.4, 0.5) is 0 Å². The molecule has 0 aliphatic carbocycles. The van der Waals surface area contributed by atoms with Gasteiger partial charge in [-0.15, -0.1) is 0 Å². The first-order valence-corrected chi connectivity index (χ1v) is 29.0. The average molecular weight is 888 g/mol. The minimum absolute atomic E-state index is 0.385. The van der Waals surface area contributed by atoms with Crippen LogP contribution in [0.1, 0.15) is 278 Å². The van der Waals surface area contributed by atoms with Gasteiger partial charge in [0.2, 0.25) is 5.91 Å². The summed E-state index contributed by atoms with van der Waals surface area (Å²) in [4.78, 5) is 35.5. The van der Waals surface area contributed by atoms with Crippen molar-refractivity contribution in [2.45, 2.75) is 278 Å². The molecule has 0 bridgehead atoms. The Kier molecular flexibility index (Phi) is 45.3. The number of carbonyl (C=O) groups is 2. The average Bonchev–Trinajstić information content (AvgIpc) is 3.30. The largest absolute Gasteiger partial charge is 0.341 e. The Bertz CT molecular complexity index is 929. The van der Waals surface area contributed by atoms with Crippen molar-refractivity contribution in [3.63, 3.8) is 0 Å². The number of hydrogen-bond acceptors (Lipinski definition) is 5. The van der Waals surface area contributed by atoms with Crippen molar-refractivity contribution in [1.29, 1.82) is 0 Å². The molecule has 1 atom stereocenters. The van der Waals surface area contributed by atoms with Crippen LogP contribution in [0.3, 0.4) is 0 Å². The SMILES string of the molecule is CCCCCCCCCCCCCCN(CCCCC=O)CCC1CCCN(C(=O)CN(CCCCCCCCC)CCN(CCCCCCCCC)CCCCCCCCC)C1. The van der Waals surface area contributed by atoms with Gasteiger partial charge in [0, 0.05) is 32.6 Å². The lowest BCUT2D eigenvalue weighted by molar-refractivity contribution is -0.134. The number of aldehydes is 1. The Morgan fingerprint density at radius 1 is 0.429 bits per heavy atom. The molecule has 0 saturated carbocycles. The molecule has 0 N–H and O–H groups in total. The molecule has 1 unspecified atom stereocenters. The molecule has 1 heterocycles. The van der Waals surface area contributed by atoms with Crippen LogP contribution in [-0.4, -0.2) is 104 Å². The smallest absolute Gasteiger partial charge is 0.236 e. The third-order valence-electron chi connectivity index (χ3n) is 14.4. The summed E-state index contributed by atoms with van der Waals surface area (Å²) >= 11 is 0. The molecule has 1 rings (SSSR count). The van der Waals surface area contributed by atoms with Crippen LogP contribution in [0, 0.1) is 5.92 Å². The number of carbonyl (C=O) groups excluding carboxylic acids is 2. The number of nitrogens with zero attached hydrogens (tertiary/aromatic N) is 4. The van der Waals surface area contributed by atoms with Crippen molar-refractivity contribution in [2.75, 3.05) is 72.0 Å². The molecule has 0 aromatic heterocycles. The van der Waals surface area contributed by atoms with Gasteiger partial charge in [0.1, 0.15) is 6.29 Å². The zero-order chi connectivity index (χ0) is 45.5. The highest BCUT2D eigenvalue weighted by atomic mass is 16.2. The second-order valence-electron chi connectivity index (χ2n) is 20.5. The molecule has 6 heteroatoms. The molecule has 0 aromatic rings. The summed E-state index contributed by atoms with van der Waals surface area (Å²) in [5, 5.41) is 0. The van der Waals surface area contributed by atoms with Crippen LogP contribution in [0.5, 0.6) is 0 Å². The molecule has 63 heavy (non-hydrogen) atoms.